The molecule has 0 aliphatic carbocycles. The molecule has 108 valence electrons. The Balaban J connectivity index is 1.80. The second-order valence-electron chi connectivity index (χ2n) is 6.21. The molecule has 2 bridgehead atoms. The number of rotatable bonds is 3. The van der Waals surface area contributed by atoms with Gasteiger partial charge in [0, 0.05) is 0 Å². The van der Waals surface area contributed by atoms with Gasteiger partial charge in [-0.2, -0.15) is 8.42 Å². The molecule has 2 saturated heterocycles. The third-order valence-corrected chi connectivity index (χ3v) is 6.10. The number of benzene rings is 1. The molecule has 0 radical (unpaired) electrons. The van der Waals surface area contributed by atoms with Gasteiger partial charge in [0.25, 0.3) is 10.1 Å². The van der Waals surface area contributed by atoms with Crippen molar-refractivity contribution in [1.82, 2.24) is 0 Å². The van der Waals surface area contributed by atoms with Gasteiger partial charge in [0.05, 0.1) is 4.90 Å². The smallest absolute Gasteiger partial charge is 0.324 e. The minimum absolute atomic E-state index is 0.0937. The average molecular weight is 292 g/mol. The van der Waals surface area contributed by atoms with Crippen LogP contribution < -0.4 is 0 Å². The summed E-state index contributed by atoms with van der Waals surface area (Å²) < 4.78 is 30.5. The quantitative estimate of drug-likeness (QED) is 0.796. The summed E-state index contributed by atoms with van der Waals surface area (Å²) in [7, 11) is -3.62. The van der Waals surface area contributed by atoms with Crippen LogP contribution in [0.3, 0.4) is 0 Å². The minimum atomic E-state index is -3.62. The maximum Gasteiger partial charge on any atom is 0.324 e. The largest absolute Gasteiger partial charge is 0.330 e. The molecule has 2 heterocycles. The second-order valence-corrected chi connectivity index (χ2v) is 7.78. The van der Waals surface area contributed by atoms with Gasteiger partial charge in [0.15, 0.2) is 0 Å². The third-order valence-electron chi connectivity index (χ3n) is 4.78. The van der Waals surface area contributed by atoms with Crippen LogP contribution in [0.25, 0.3) is 0 Å². The highest BCUT2D eigenvalue weighted by atomic mass is 32.2. The van der Waals surface area contributed by atoms with Gasteiger partial charge in [-0.25, -0.2) is 0 Å². The fourth-order valence-electron chi connectivity index (χ4n) is 3.68. The Morgan fingerprint density at radius 2 is 1.50 bits per heavy atom. The fourth-order valence-corrected chi connectivity index (χ4v) is 4.87. The summed E-state index contributed by atoms with van der Waals surface area (Å²) in [6.45, 7) is 1.85. The van der Waals surface area contributed by atoms with Gasteiger partial charge >= 0.3 is 6.92 Å². The number of aryl methyl sites for hydroxylation is 1. The molecule has 0 atom stereocenters. The highest BCUT2D eigenvalue weighted by Crippen LogP contribution is 2.47. The Morgan fingerprint density at radius 1 is 1.00 bits per heavy atom. The van der Waals surface area contributed by atoms with Crippen molar-refractivity contribution in [3.63, 3.8) is 0 Å². The molecule has 0 N–H and O–H groups in total. The van der Waals surface area contributed by atoms with Crippen molar-refractivity contribution >= 4 is 17.0 Å². The van der Waals surface area contributed by atoms with Gasteiger partial charge in [0.2, 0.25) is 0 Å². The van der Waals surface area contributed by atoms with Gasteiger partial charge in [0.1, 0.15) is 0 Å². The summed E-state index contributed by atoms with van der Waals surface area (Å²) in [5.74, 6) is 0.866. The first kappa shape index (κ1) is 14.1. The predicted molar refractivity (Wildman–Crippen MR) is 80.4 cm³/mol. The monoisotopic (exact) mass is 292 g/mol. The Kier molecular flexibility index (Phi) is 3.91. The van der Waals surface area contributed by atoms with Crippen LogP contribution >= 0.6 is 0 Å². The van der Waals surface area contributed by atoms with Crippen molar-refractivity contribution in [3.8, 4) is 0 Å². The predicted octanol–water partition coefficient (Wildman–Crippen LogP) is 3.80. The van der Waals surface area contributed by atoms with Crippen LogP contribution in [-0.4, -0.2) is 15.3 Å². The SMILES string of the molecule is Cc1ccc(S(=O)(=O)OB2C3CCCC2CCC3)cc1. The lowest BCUT2D eigenvalue weighted by Gasteiger charge is -2.38. The van der Waals surface area contributed by atoms with E-state index in [1.807, 2.05) is 19.1 Å². The van der Waals surface area contributed by atoms with Crippen LogP contribution in [0, 0.1) is 6.92 Å². The Bertz CT molecular complexity index is 545. The van der Waals surface area contributed by atoms with Gasteiger partial charge in [-0.3, -0.25) is 0 Å². The van der Waals surface area contributed by atoms with Gasteiger partial charge < -0.3 is 4.10 Å². The topological polar surface area (TPSA) is 43.4 Å². The van der Waals surface area contributed by atoms with Gasteiger partial charge in [-0.1, -0.05) is 56.2 Å². The van der Waals surface area contributed by atoms with E-state index < -0.39 is 10.1 Å². The van der Waals surface area contributed by atoms with E-state index in [9.17, 15) is 8.42 Å². The standard InChI is InChI=1S/C15H21BO3S/c1-12-8-10-15(11-9-12)20(17,18)19-16-13-4-2-5-14(16)7-3-6-13/h8-11,13-14H,2-7H2,1H3. The molecule has 0 saturated carbocycles. The van der Waals surface area contributed by atoms with E-state index >= 15 is 0 Å². The Hall–Kier alpha value is -0.805. The molecule has 2 fully saturated rings. The molecule has 2 aliphatic heterocycles. The van der Waals surface area contributed by atoms with Gasteiger partial charge in [-0.05, 0) is 30.7 Å². The van der Waals surface area contributed by atoms with Crippen molar-refractivity contribution in [3.05, 3.63) is 29.8 Å². The molecule has 2 aliphatic rings. The molecule has 1 aromatic rings. The third kappa shape index (κ3) is 2.79. The molecule has 20 heavy (non-hydrogen) atoms. The van der Waals surface area contributed by atoms with Crippen molar-refractivity contribution in [1.29, 1.82) is 0 Å². The molecule has 3 rings (SSSR count). The summed E-state index contributed by atoms with van der Waals surface area (Å²) in [4.78, 5) is 0.284. The van der Waals surface area contributed by atoms with E-state index in [-0.39, 0.29) is 11.8 Å². The molecule has 0 amide bonds. The van der Waals surface area contributed by atoms with Crippen LogP contribution in [0.5, 0.6) is 0 Å². The van der Waals surface area contributed by atoms with Crippen molar-refractivity contribution in [2.24, 2.45) is 0 Å². The summed E-state index contributed by atoms with van der Waals surface area (Å²) in [6, 6.07) is 6.92. The zero-order chi connectivity index (χ0) is 14.2. The van der Waals surface area contributed by atoms with Crippen LogP contribution in [-0.2, 0) is 14.2 Å². The molecule has 0 unspecified atom stereocenters. The Labute approximate surface area is 122 Å². The zero-order valence-corrected chi connectivity index (χ0v) is 12.7. The molecule has 0 aromatic heterocycles. The lowest BCUT2D eigenvalue weighted by molar-refractivity contribution is 0.378. The minimum Gasteiger partial charge on any atom is -0.330 e. The van der Waals surface area contributed by atoms with Crippen LogP contribution in [0.2, 0.25) is 11.6 Å². The van der Waals surface area contributed by atoms with E-state index in [4.69, 9.17) is 4.10 Å². The molecular weight excluding hydrogens is 271 g/mol. The van der Waals surface area contributed by atoms with Crippen LogP contribution in [0.4, 0.5) is 0 Å². The van der Waals surface area contributed by atoms with E-state index in [1.54, 1.807) is 12.1 Å². The lowest BCUT2D eigenvalue weighted by Crippen LogP contribution is -2.38. The molecule has 5 heteroatoms. The lowest BCUT2D eigenvalue weighted by atomic mass is 9.38. The van der Waals surface area contributed by atoms with E-state index in [0.29, 0.717) is 11.6 Å². The highest BCUT2D eigenvalue weighted by Gasteiger charge is 2.44. The van der Waals surface area contributed by atoms with E-state index in [2.05, 4.69) is 0 Å². The van der Waals surface area contributed by atoms with Crippen LogP contribution in [0.1, 0.15) is 44.1 Å². The summed E-state index contributed by atoms with van der Waals surface area (Å²) in [5, 5.41) is 0. The molecule has 1 aromatic carbocycles. The van der Waals surface area contributed by atoms with E-state index in [1.165, 1.54) is 12.8 Å². The average Bonchev–Trinajstić information content (AvgIpc) is 2.38. The second kappa shape index (κ2) is 5.53. The first-order valence-corrected chi connectivity index (χ1v) is 8.97. The van der Waals surface area contributed by atoms with Crippen LogP contribution in [0.15, 0.2) is 29.2 Å². The van der Waals surface area contributed by atoms with Gasteiger partial charge in [-0.15, -0.1) is 0 Å². The number of hydrogen-bond acceptors (Lipinski definition) is 3. The molecular formula is C15H21BO3S. The summed E-state index contributed by atoms with van der Waals surface area (Å²) in [6.07, 6.45) is 6.91. The highest BCUT2D eigenvalue weighted by molar-refractivity contribution is 7.87. The maximum atomic E-state index is 12.4. The molecule has 0 spiro atoms. The Morgan fingerprint density at radius 3 is 2.00 bits per heavy atom. The first-order chi connectivity index (χ1) is 9.56. The summed E-state index contributed by atoms with van der Waals surface area (Å²) >= 11 is 0. The zero-order valence-electron chi connectivity index (χ0n) is 11.9. The number of fused-ring (bicyclic) bond motifs is 2. The maximum absolute atomic E-state index is 12.4. The summed E-state index contributed by atoms with van der Waals surface area (Å²) in [5.41, 5.74) is 1.05. The van der Waals surface area contributed by atoms with Crippen molar-refractivity contribution < 1.29 is 12.5 Å². The number of hydrogen-bond donors (Lipinski definition) is 0. The molecule has 3 nitrogen and oxygen atoms in total. The van der Waals surface area contributed by atoms with Crippen molar-refractivity contribution in [2.75, 3.05) is 0 Å². The van der Waals surface area contributed by atoms with Crippen molar-refractivity contribution in [2.45, 2.75) is 62.0 Å². The first-order valence-electron chi connectivity index (χ1n) is 7.56. The fraction of sp³-hybridized carbons (Fsp3) is 0.600. The normalized spacial score (nSPS) is 26.6. The van der Waals surface area contributed by atoms with E-state index in [0.717, 1.165) is 31.2 Å².